The summed E-state index contributed by atoms with van der Waals surface area (Å²) in [5, 5.41) is 4.78. The highest BCUT2D eigenvalue weighted by Crippen LogP contribution is 2.22. The van der Waals surface area contributed by atoms with Crippen LogP contribution in [-0.4, -0.2) is 36.9 Å². The minimum Gasteiger partial charge on any atom is -0.350 e. The quantitative estimate of drug-likeness (QED) is 0.902. The van der Waals surface area contributed by atoms with Gasteiger partial charge in [0.2, 0.25) is 12.3 Å². The van der Waals surface area contributed by atoms with Gasteiger partial charge >= 0.3 is 0 Å². The molecular formula is C13H18F2N2OS. The largest absolute Gasteiger partial charge is 0.350 e. The number of likely N-dealkylation sites (tertiary alicyclic amines) is 1. The van der Waals surface area contributed by atoms with Crippen molar-refractivity contribution in [1.29, 1.82) is 0 Å². The number of halogens is 2. The zero-order valence-electron chi connectivity index (χ0n) is 10.6. The number of nitrogens with zero attached hydrogens (tertiary/aromatic N) is 1. The summed E-state index contributed by atoms with van der Waals surface area (Å²) in [6.45, 7) is 1.79. The molecule has 106 valence electrons. The summed E-state index contributed by atoms with van der Waals surface area (Å²) in [5.41, 5.74) is 0. The van der Waals surface area contributed by atoms with Gasteiger partial charge in [0.1, 0.15) is 0 Å². The van der Waals surface area contributed by atoms with E-state index >= 15 is 0 Å². The van der Waals surface area contributed by atoms with Crippen molar-refractivity contribution in [2.45, 2.75) is 25.8 Å². The van der Waals surface area contributed by atoms with Crippen LogP contribution in [0, 0.1) is 5.92 Å². The average Bonchev–Trinajstić information content (AvgIpc) is 2.90. The Morgan fingerprint density at radius 1 is 1.58 bits per heavy atom. The SMILES string of the molecule is O=C(CN1CCCC(C(F)F)C1)NCc1cccs1. The molecule has 1 unspecified atom stereocenters. The molecule has 0 bridgehead atoms. The molecule has 1 fully saturated rings. The Labute approximate surface area is 115 Å². The molecule has 0 aliphatic carbocycles. The molecule has 1 aliphatic rings. The third-order valence-electron chi connectivity index (χ3n) is 3.31. The predicted molar refractivity (Wildman–Crippen MR) is 71.3 cm³/mol. The van der Waals surface area contributed by atoms with Gasteiger partial charge in [-0.05, 0) is 30.8 Å². The third kappa shape index (κ3) is 4.54. The second-order valence-electron chi connectivity index (χ2n) is 4.83. The van der Waals surface area contributed by atoms with Crippen LogP contribution in [-0.2, 0) is 11.3 Å². The first kappa shape index (κ1) is 14.4. The van der Waals surface area contributed by atoms with Gasteiger partial charge in [-0.2, -0.15) is 0 Å². The fourth-order valence-corrected chi connectivity index (χ4v) is 2.94. The maximum atomic E-state index is 12.6. The molecule has 3 nitrogen and oxygen atoms in total. The second-order valence-corrected chi connectivity index (χ2v) is 5.86. The van der Waals surface area contributed by atoms with Crippen LogP contribution in [0.4, 0.5) is 8.78 Å². The molecular weight excluding hydrogens is 270 g/mol. The van der Waals surface area contributed by atoms with Gasteiger partial charge in [-0.15, -0.1) is 11.3 Å². The van der Waals surface area contributed by atoms with Gasteiger partial charge in [-0.3, -0.25) is 9.69 Å². The molecule has 1 aliphatic heterocycles. The average molecular weight is 288 g/mol. The van der Waals surface area contributed by atoms with E-state index in [1.807, 2.05) is 22.4 Å². The first-order valence-corrected chi connectivity index (χ1v) is 7.32. The highest BCUT2D eigenvalue weighted by atomic mass is 32.1. The maximum Gasteiger partial charge on any atom is 0.242 e. The van der Waals surface area contributed by atoms with Crippen molar-refractivity contribution >= 4 is 17.2 Å². The lowest BCUT2D eigenvalue weighted by atomic mass is 9.99. The van der Waals surface area contributed by atoms with Gasteiger partial charge in [0.15, 0.2) is 0 Å². The molecule has 2 heterocycles. The molecule has 1 aromatic rings. The molecule has 0 aromatic carbocycles. The number of carbonyl (C=O) groups excluding carboxylic acids is 1. The van der Waals surface area contributed by atoms with E-state index < -0.39 is 12.3 Å². The topological polar surface area (TPSA) is 32.3 Å². The van der Waals surface area contributed by atoms with Crippen molar-refractivity contribution in [3.05, 3.63) is 22.4 Å². The lowest BCUT2D eigenvalue weighted by molar-refractivity contribution is -0.123. The van der Waals surface area contributed by atoms with E-state index in [1.54, 1.807) is 11.3 Å². The Hall–Kier alpha value is -1.01. The van der Waals surface area contributed by atoms with E-state index in [0.29, 0.717) is 19.5 Å². The Bertz CT molecular complexity index is 397. The molecule has 0 spiro atoms. The Morgan fingerprint density at radius 3 is 3.11 bits per heavy atom. The van der Waals surface area contributed by atoms with Gasteiger partial charge in [-0.1, -0.05) is 6.07 Å². The first-order chi connectivity index (χ1) is 9.15. The number of piperidine rings is 1. The zero-order chi connectivity index (χ0) is 13.7. The van der Waals surface area contributed by atoms with E-state index in [-0.39, 0.29) is 12.5 Å². The summed E-state index contributed by atoms with van der Waals surface area (Å²) < 4.78 is 25.3. The predicted octanol–water partition coefficient (Wildman–Crippen LogP) is 2.34. The second kappa shape index (κ2) is 6.96. The Morgan fingerprint density at radius 2 is 2.42 bits per heavy atom. The van der Waals surface area contributed by atoms with Gasteiger partial charge in [-0.25, -0.2) is 8.78 Å². The third-order valence-corrected chi connectivity index (χ3v) is 4.18. The van der Waals surface area contributed by atoms with Crippen molar-refractivity contribution in [3.63, 3.8) is 0 Å². The molecule has 1 atom stereocenters. The maximum absolute atomic E-state index is 12.6. The number of carbonyl (C=O) groups is 1. The molecule has 0 radical (unpaired) electrons. The normalized spacial score (nSPS) is 20.7. The van der Waals surface area contributed by atoms with Crippen molar-refractivity contribution in [3.8, 4) is 0 Å². The van der Waals surface area contributed by atoms with Crippen LogP contribution in [0.3, 0.4) is 0 Å². The van der Waals surface area contributed by atoms with Crippen molar-refractivity contribution in [2.75, 3.05) is 19.6 Å². The zero-order valence-corrected chi connectivity index (χ0v) is 11.5. The van der Waals surface area contributed by atoms with Crippen LogP contribution in [0.2, 0.25) is 0 Å². The monoisotopic (exact) mass is 288 g/mol. The van der Waals surface area contributed by atoms with E-state index in [2.05, 4.69) is 5.32 Å². The highest BCUT2D eigenvalue weighted by Gasteiger charge is 2.27. The van der Waals surface area contributed by atoms with E-state index in [4.69, 9.17) is 0 Å². The van der Waals surface area contributed by atoms with Gasteiger partial charge in [0, 0.05) is 17.3 Å². The number of nitrogens with one attached hydrogen (secondary N) is 1. The Kier molecular flexibility index (Phi) is 5.27. The molecule has 1 aromatic heterocycles. The molecule has 0 saturated carbocycles. The molecule has 1 amide bonds. The number of rotatable bonds is 5. The lowest BCUT2D eigenvalue weighted by Crippen LogP contribution is -2.43. The molecule has 2 rings (SSSR count). The van der Waals surface area contributed by atoms with Crippen LogP contribution < -0.4 is 5.32 Å². The minimum atomic E-state index is -2.28. The number of thiophene rings is 1. The van der Waals surface area contributed by atoms with Crippen LogP contribution >= 0.6 is 11.3 Å². The summed E-state index contributed by atoms with van der Waals surface area (Å²) in [5.74, 6) is -0.679. The van der Waals surface area contributed by atoms with Crippen LogP contribution in [0.15, 0.2) is 17.5 Å². The Balaban J connectivity index is 1.72. The molecule has 6 heteroatoms. The first-order valence-electron chi connectivity index (χ1n) is 6.44. The molecule has 1 saturated heterocycles. The van der Waals surface area contributed by atoms with Gasteiger partial charge in [0.25, 0.3) is 0 Å². The molecule has 1 N–H and O–H groups in total. The molecule has 19 heavy (non-hydrogen) atoms. The minimum absolute atomic E-state index is 0.0942. The van der Waals surface area contributed by atoms with Crippen molar-refractivity contribution in [1.82, 2.24) is 10.2 Å². The number of amides is 1. The van der Waals surface area contributed by atoms with Gasteiger partial charge in [0.05, 0.1) is 13.1 Å². The number of alkyl halides is 2. The summed E-state index contributed by atoms with van der Waals surface area (Å²) >= 11 is 1.59. The number of hydrogen-bond donors (Lipinski definition) is 1. The van der Waals surface area contributed by atoms with Crippen LogP contribution in [0.25, 0.3) is 0 Å². The van der Waals surface area contributed by atoms with Crippen LogP contribution in [0.1, 0.15) is 17.7 Å². The standard InChI is InChI=1S/C13H18F2N2OS/c14-13(15)10-3-1-5-17(8-10)9-12(18)16-7-11-4-2-6-19-11/h2,4,6,10,13H,1,3,5,7-9H2,(H,16,18). The van der Waals surface area contributed by atoms with Gasteiger partial charge < -0.3 is 5.32 Å². The smallest absolute Gasteiger partial charge is 0.242 e. The highest BCUT2D eigenvalue weighted by molar-refractivity contribution is 7.09. The summed E-state index contributed by atoms with van der Waals surface area (Å²) in [7, 11) is 0. The fraction of sp³-hybridized carbons (Fsp3) is 0.615. The van der Waals surface area contributed by atoms with E-state index in [9.17, 15) is 13.6 Å². The fourth-order valence-electron chi connectivity index (χ4n) is 2.30. The van der Waals surface area contributed by atoms with Crippen molar-refractivity contribution in [2.24, 2.45) is 5.92 Å². The summed E-state index contributed by atoms with van der Waals surface area (Å²) in [6.07, 6.45) is -0.977. The summed E-state index contributed by atoms with van der Waals surface area (Å²) in [4.78, 5) is 14.7. The summed E-state index contributed by atoms with van der Waals surface area (Å²) in [6, 6.07) is 3.89. The number of hydrogen-bond acceptors (Lipinski definition) is 3. The lowest BCUT2D eigenvalue weighted by Gasteiger charge is -2.31. The van der Waals surface area contributed by atoms with E-state index in [0.717, 1.165) is 17.8 Å². The van der Waals surface area contributed by atoms with Crippen molar-refractivity contribution < 1.29 is 13.6 Å². The van der Waals surface area contributed by atoms with E-state index in [1.165, 1.54) is 0 Å². The van der Waals surface area contributed by atoms with Crippen LogP contribution in [0.5, 0.6) is 0 Å².